The predicted octanol–water partition coefficient (Wildman–Crippen LogP) is 1.64. The quantitative estimate of drug-likeness (QED) is 0.771. The van der Waals surface area contributed by atoms with Crippen LogP contribution in [0.4, 0.5) is 5.69 Å². The van der Waals surface area contributed by atoms with Crippen LogP contribution in [0, 0.1) is 0 Å². The van der Waals surface area contributed by atoms with E-state index < -0.39 is 10.2 Å². The highest BCUT2D eigenvalue weighted by Crippen LogP contribution is 2.18. The molecule has 0 fully saturated rings. The van der Waals surface area contributed by atoms with Crippen LogP contribution in [-0.4, -0.2) is 45.3 Å². The summed E-state index contributed by atoms with van der Waals surface area (Å²) in [5.41, 5.74) is 0.435. The molecule has 8 heteroatoms. The largest absolute Gasteiger partial charge is 0.469 e. The number of furan rings is 1. The summed E-state index contributed by atoms with van der Waals surface area (Å²) in [4.78, 5) is 12.4. The van der Waals surface area contributed by atoms with E-state index in [2.05, 4.69) is 5.32 Å². The molecule has 1 atom stereocenters. The van der Waals surface area contributed by atoms with Gasteiger partial charge in [-0.2, -0.15) is 12.7 Å². The number of amides is 1. The van der Waals surface area contributed by atoms with Crippen LogP contribution in [0.5, 0.6) is 0 Å². The van der Waals surface area contributed by atoms with Crippen LogP contribution in [0.1, 0.15) is 12.7 Å². The highest BCUT2D eigenvalue weighted by atomic mass is 32.2. The minimum atomic E-state index is -3.79. The molecule has 0 radical (unpaired) electrons. The molecule has 0 aliphatic rings. The Morgan fingerprint density at radius 3 is 2.40 bits per heavy atom. The van der Waals surface area contributed by atoms with Crippen molar-refractivity contribution in [2.75, 3.05) is 24.9 Å². The fraction of sp³-hybridized carbons (Fsp3) is 0.353. The molecule has 136 valence electrons. The zero-order valence-electron chi connectivity index (χ0n) is 14.5. The van der Waals surface area contributed by atoms with Crippen molar-refractivity contribution in [1.29, 1.82) is 0 Å². The van der Waals surface area contributed by atoms with E-state index in [1.807, 2.05) is 13.0 Å². The Morgan fingerprint density at radius 2 is 1.84 bits per heavy atom. The zero-order valence-corrected chi connectivity index (χ0v) is 15.4. The maximum atomic E-state index is 12.6. The molecule has 0 aliphatic carbocycles. The van der Waals surface area contributed by atoms with Crippen LogP contribution in [-0.2, 0) is 21.4 Å². The number of anilines is 1. The van der Waals surface area contributed by atoms with Crippen molar-refractivity contribution < 1.29 is 17.6 Å². The topological polar surface area (TPSA) is 82.9 Å². The lowest BCUT2D eigenvalue weighted by molar-refractivity contribution is -0.120. The van der Waals surface area contributed by atoms with Crippen LogP contribution in [0.3, 0.4) is 0 Å². The van der Waals surface area contributed by atoms with Crippen LogP contribution < -0.4 is 9.62 Å². The van der Waals surface area contributed by atoms with Gasteiger partial charge in [0.25, 0.3) is 0 Å². The Kier molecular flexibility index (Phi) is 6.22. The van der Waals surface area contributed by atoms with Gasteiger partial charge >= 0.3 is 10.2 Å². The van der Waals surface area contributed by atoms with E-state index in [-0.39, 0.29) is 18.5 Å². The SMILES string of the molecule is C[C@@H](Cc1ccco1)NC(=O)CN(c1ccccc1)S(=O)(=O)N(C)C. The van der Waals surface area contributed by atoms with Crippen molar-refractivity contribution in [3.05, 3.63) is 54.5 Å². The summed E-state index contributed by atoms with van der Waals surface area (Å²) < 4.78 is 32.6. The molecule has 1 aromatic carbocycles. The highest BCUT2D eigenvalue weighted by Gasteiger charge is 2.27. The number of hydrogen-bond donors (Lipinski definition) is 1. The second kappa shape index (κ2) is 8.17. The number of carbonyl (C=O) groups excluding carboxylic acids is 1. The number of hydrogen-bond acceptors (Lipinski definition) is 4. The van der Waals surface area contributed by atoms with Crippen LogP contribution >= 0.6 is 0 Å². The second-order valence-corrected chi connectivity index (χ2v) is 7.95. The van der Waals surface area contributed by atoms with Gasteiger partial charge in [0.2, 0.25) is 5.91 Å². The summed E-state index contributed by atoms with van der Waals surface area (Å²) in [6.07, 6.45) is 2.11. The molecular formula is C17H23N3O4S. The molecule has 0 spiro atoms. The van der Waals surface area contributed by atoms with Gasteiger partial charge in [0, 0.05) is 26.6 Å². The third-order valence-electron chi connectivity index (χ3n) is 3.57. The van der Waals surface area contributed by atoms with Crippen molar-refractivity contribution in [3.63, 3.8) is 0 Å². The monoisotopic (exact) mass is 365 g/mol. The summed E-state index contributed by atoms with van der Waals surface area (Å²) in [6.45, 7) is 1.54. The van der Waals surface area contributed by atoms with Gasteiger partial charge in [-0.05, 0) is 31.2 Å². The number of nitrogens with one attached hydrogen (secondary N) is 1. The molecular weight excluding hydrogens is 342 g/mol. The molecule has 7 nitrogen and oxygen atoms in total. The van der Waals surface area contributed by atoms with Gasteiger partial charge in [-0.15, -0.1) is 0 Å². The summed E-state index contributed by atoms with van der Waals surface area (Å²) in [6, 6.07) is 12.0. The molecule has 2 rings (SSSR count). The van der Waals surface area contributed by atoms with E-state index in [1.165, 1.54) is 14.1 Å². The molecule has 2 aromatic rings. The average Bonchev–Trinajstić information content (AvgIpc) is 3.05. The summed E-state index contributed by atoms with van der Waals surface area (Å²) in [7, 11) is -0.919. The maximum absolute atomic E-state index is 12.6. The van der Waals surface area contributed by atoms with Gasteiger partial charge in [-0.1, -0.05) is 18.2 Å². The fourth-order valence-electron chi connectivity index (χ4n) is 2.33. The molecule has 1 aromatic heterocycles. The van der Waals surface area contributed by atoms with Gasteiger partial charge < -0.3 is 9.73 Å². The van der Waals surface area contributed by atoms with Crippen molar-refractivity contribution >= 4 is 21.8 Å². The van der Waals surface area contributed by atoms with Gasteiger partial charge in [0.05, 0.1) is 12.0 Å². The molecule has 25 heavy (non-hydrogen) atoms. The summed E-state index contributed by atoms with van der Waals surface area (Å²) >= 11 is 0. The Morgan fingerprint density at radius 1 is 1.16 bits per heavy atom. The third kappa shape index (κ3) is 5.07. The van der Waals surface area contributed by atoms with Gasteiger partial charge in [0.1, 0.15) is 12.3 Å². The molecule has 0 saturated heterocycles. The molecule has 1 amide bonds. The standard InChI is InChI=1S/C17H23N3O4S/c1-14(12-16-10-7-11-24-16)18-17(21)13-20(25(22,23)19(2)3)15-8-5-4-6-9-15/h4-11,14H,12-13H2,1-3H3,(H,18,21)/t14-/m0/s1. The lowest BCUT2D eigenvalue weighted by Crippen LogP contribution is -2.47. The first-order valence-corrected chi connectivity index (χ1v) is 9.27. The third-order valence-corrected chi connectivity index (χ3v) is 5.39. The van der Waals surface area contributed by atoms with E-state index in [4.69, 9.17) is 4.42 Å². The predicted molar refractivity (Wildman–Crippen MR) is 96.4 cm³/mol. The molecule has 0 unspecified atom stereocenters. The van der Waals surface area contributed by atoms with Gasteiger partial charge in [-0.25, -0.2) is 4.31 Å². The average molecular weight is 365 g/mol. The first-order chi connectivity index (χ1) is 11.8. The molecule has 0 aliphatic heterocycles. The first kappa shape index (κ1) is 19.0. The van der Waals surface area contributed by atoms with Crippen LogP contribution in [0.2, 0.25) is 0 Å². The molecule has 0 bridgehead atoms. The number of nitrogens with zero attached hydrogens (tertiary/aromatic N) is 2. The zero-order chi connectivity index (χ0) is 18.4. The molecule has 1 N–H and O–H groups in total. The minimum Gasteiger partial charge on any atom is -0.469 e. The lowest BCUT2D eigenvalue weighted by Gasteiger charge is -2.27. The van der Waals surface area contributed by atoms with Crippen LogP contribution in [0.25, 0.3) is 0 Å². The Labute approximate surface area is 148 Å². The van der Waals surface area contributed by atoms with Gasteiger partial charge in [-0.3, -0.25) is 4.79 Å². The number of para-hydroxylation sites is 1. The van der Waals surface area contributed by atoms with Crippen molar-refractivity contribution in [2.24, 2.45) is 0 Å². The van der Waals surface area contributed by atoms with Crippen LogP contribution in [0.15, 0.2) is 53.1 Å². The smallest absolute Gasteiger partial charge is 0.304 e. The number of carbonyl (C=O) groups is 1. The minimum absolute atomic E-state index is 0.182. The Hall–Kier alpha value is -2.32. The van der Waals surface area contributed by atoms with E-state index >= 15 is 0 Å². The first-order valence-electron chi connectivity index (χ1n) is 7.87. The van der Waals surface area contributed by atoms with E-state index in [0.29, 0.717) is 12.1 Å². The van der Waals surface area contributed by atoms with Crippen molar-refractivity contribution in [3.8, 4) is 0 Å². The fourth-order valence-corrected chi connectivity index (χ4v) is 3.39. The van der Waals surface area contributed by atoms with E-state index in [0.717, 1.165) is 14.4 Å². The maximum Gasteiger partial charge on any atom is 0.304 e. The summed E-state index contributed by atoms with van der Waals surface area (Å²) in [5, 5.41) is 2.81. The lowest BCUT2D eigenvalue weighted by atomic mass is 10.2. The number of benzene rings is 1. The molecule has 0 saturated carbocycles. The molecule has 1 heterocycles. The second-order valence-electron chi connectivity index (χ2n) is 5.88. The Balaban J connectivity index is 2.09. The van der Waals surface area contributed by atoms with E-state index in [1.54, 1.807) is 42.7 Å². The van der Waals surface area contributed by atoms with Crippen molar-refractivity contribution in [1.82, 2.24) is 9.62 Å². The summed E-state index contributed by atoms with van der Waals surface area (Å²) in [5.74, 6) is 0.377. The Bertz CT molecular complexity index is 773. The van der Waals surface area contributed by atoms with E-state index in [9.17, 15) is 13.2 Å². The van der Waals surface area contributed by atoms with Gasteiger partial charge in [0.15, 0.2) is 0 Å². The van der Waals surface area contributed by atoms with Crippen molar-refractivity contribution in [2.45, 2.75) is 19.4 Å². The normalized spacial score (nSPS) is 12.8. The number of rotatable bonds is 8. The highest BCUT2D eigenvalue weighted by molar-refractivity contribution is 7.90.